The number of hydrogen-bond donors (Lipinski definition) is 4. The fraction of sp³-hybridized carbons (Fsp3) is 0.219. The van der Waals surface area contributed by atoms with E-state index in [1.54, 1.807) is 24.7 Å². The number of ether oxygens (including phenoxy) is 2. The highest BCUT2D eigenvalue weighted by atomic mass is 35.5. The number of nitrogens with zero attached hydrogens (tertiary/aromatic N) is 5. The number of imidazole rings is 1. The zero-order chi connectivity index (χ0) is 36.2. The number of alkyl halides is 3. The van der Waals surface area contributed by atoms with Crippen LogP contribution in [-0.4, -0.2) is 82.9 Å². The molecule has 1 aliphatic heterocycles. The number of carbonyl (C=O) groups excluding carboxylic acids is 1. The first-order valence-corrected chi connectivity index (χ1v) is 15.4. The van der Waals surface area contributed by atoms with Gasteiger partial charge in [-0.2, -0.15) is 18.2 Å². The third-order valence-corrected chi connectivity index (χ3v) is 8.22. The van der Waals surface area contributed by atoms with Crippen LogP contribution in [0, 0.1) is 0 Å². The molecule has 4 heterocycles. The van der Waals surface area contributed by atoms with Crippen molar-refractivity contribution in [3.8, 4) is 22.6 Å². The molecule has 6 rings (SSSR count). The fourth-order valence-electron chi connectivity index (χ4n) is 5.11. The first kappa shape index (κ1) is 36.0. The van der Waals surface area contributed by atoms with Gasteiger partial charge in [0.1, 0.15) is 17.1 Å². The number of halogens is 5. The topological polar surface area (TPSA) is 155 Å². The van der Waals surface area contributed by atoms with Gasteiger partial charge in [0.15, 0.2) is 5.65 Å². The molecule has 0 aliphatic carbocycles. The van der Waals surface area contributed by atoms with Crippen molar-refractivity contribution < 1.29 is 37.3 Å². The van der Waals surface area contributed by atoms with Crippen LogP contribution < -0.4 is 30.3 Å². The summed E-state index contributed by atoms with van der Waals surface area (Å²) < 4.78 is 44.5. The van der Waals surface area contributed by atoms with Gasteiger partial charge < -0.3 is 35.4 Å². The van der Waals surface area contributed by atoms with Gasteiger partial charge in [-0.15, -0.1) is 0 Å². The van der Waals surface area contributed by atoms with Crippen molar-refractivity contribution >= 4 is 74.8 Å². The van der Waals surface area contributed by atoms with Crippen LogP contribution >= 0.6 is 23.2 Å². The Morgan fingerprint density at radius 2 is 1.68 bits per heavy atom. The molecule has 1 amide bonds. The van der Waals surface area contributed by atoms with Gasteiger partial charge in [-0.3, -0.25) is 9.20 Å². The van der Waals surface area contributed by atoms with Gasteiger partial charge in [-0.25, -0.2) is 14.8 Å². The second-order valence-electron chi connectivity index (χ2n) is 10.5. The summed E-state index contributed by atoms with van der Waals surface area (Å²) in [4.78, 5) is 37.4. The Labute approximate surface area is 292 Å². The summed E-state index contributed by atoms with van der Waals surface area (Å²) in [6, 6.07) is 9.37. The number of aliphatic carboxylic acids is 1. The van der Waals surface area contributed by atoms with E-state index in [-0.39, 0.29) is 5.91 Å². The van der Waals surface area contributed by atoms with Crippen LogP contribution in [0.15, 0.2) is 61.6 Å². The van der Waals surface area contributed by atoms with E-state index in [2.05, 4.69) is 37.4 Å². The zero-order valence-corrected chi connectivity index (χ0v) is 27.9. The average Bonchev–Trinajstić information content (AvgIpc) is 3.60. The van der Waals surface area contributed by atoms with Crippen molar-refractivity contribution in [1.29, 1.82) is 0 Å². The number of fused-ring (bicyclic) bond motifs is 3. The van der Waals surface area contributed by atoms with Crippen molar-refractivity contribution in [1.82, 2.24) is 24.7 Å². The number of carboxylic acids is 1. The predicted octanol–water partition coefficient (Wildman–Crippen LogP) is 6.18. The Morgan fingerprint density at radius 1 is 1.02 bits per heavy atom. The minimum atomic E-state index is -5.08. The van der Waals surface area contributed by atoms with Gasteiger partial charge >= 0.3 is 12.1 Å². The minimum Gasteiger partial charge on any atom is -0.495 e. The maximum absolute atomic E-state index is 12.3. The second-order valence-corrected chi connectivity index (χ2v) is 11.3. The SMILES string of the molecule is C=CC(=O)Nc1cc(N2CCNCC2)ccc1Nc1ncc2cc(-c3c(Cl)c(OC)cc(OC)c3Cl)c3nccn3c2n1.O=C(O)C(F)(F)F. The standard InChI is InChI=1S/C30H28Cl2N8O3.C2HF3O2/c1-4-24(41)36-21-14-18(39-10-7-33-8-11-39)5-6-20(21)37-30-35-16-17-13-19(29-34-9-12-40(29)28(17)38-30)25-26(31)22(42-2)15-23(43-3)27(25)32;3-2(4,5)1(6)7/h4-6,9,12-16,33H,1,7-8,10-11H2,2-3H3,(H,36,41)(H,35,37,38);(H,6,7). The van der Waals surface area contributed by atoms with Crippen molar-refractivity contribution in [3.63, 3.8) is 0 Å². The number of carbonyl (C=O) groups is 2. The molecule has 262 valence electrons. The minimum absolute atomic E-state index is 0.320. The smallest absolute Gasteiger partial charge is 0.490 e. The van der Waals surface area contributed by atoms with E-state index in [4.69, 9.17) is 47.6 Å². The molecule has 0 spiro atoms. The normalized spacial score (nSPS) is 13.0. The van der Waals surface area contributed by atoms with Gasteiger partial charge in [-0.05, 0) is 30.3 Å². The summed E-state index contributed by atoms with van der Waals surface area (Å²) in [5, 5.41) is 18.0. The Hall–Kier alpha value is -5.32. The summed E-state index contributed by atoms with van der Waals surface area (Å²) >= 11 is 13.5. The van der Waals surface area contributed by atoms with Gasteiger partial charge in [0.05, 0.1) is 35.6 Å². The van der Waals surface area contributed by atoms with E-state index in [0.29, 0.717) is 66.7 Å². The molecule has 5 aromatic rings. The number of carboxylic acid groups (broad SMARTS) is 1. The number of methoxy groups -OCH3 is 2. The highest BCUT2D eigenvalue weighted by Gasteiger charge is 2.38. The molecule has 2 aromatic carbocycles. The van der Waals surface area contributed by atoms with E-state index in [9.17, 15) is 18.0 Å². The summed E-state index contributed by atoms with van der Waals surface area (Å²) in [5.74, 6) is -1.91. The van der Waals surface area contributed by atoms with Crippen LogP contribution in [0.5, 0.6) is 11.5 Å². The van der Waals surface area contributed by atoms with E-state index < -0.39 is 12.1 Å². The van der Waals surface area contributed by atoms with E-state index in [0.717, 1.165) is 31.9 Å². The molecule has 0 unspecified atom stereocenters. The summed E-state index contributed by atoms with van der Waals surface area (Å²) in [6.45, 7) is 7.12. The first-order valence-electron chi connectivity index (χ1n) is 14.7. The largest absolute Gasteiger partial charge is 0.495 e. The van der Waals surface area contributed by atoms with Gasteiger partial charge in [-0.1, -0.05) is 29.8 Å². The number of pyridine rings is 1. The number of hydrogen-bond acceptors (Lipinski definition) is 10. The van der Waals surface area contributed by atoms with Crippen LogP contribution in [0.1, 0.15) is 0 Å². The Balaban J connectivity index is 0.000000630. The summed E-state index contributed by atoms with van der Waals surface area (Å²) in [7, 11) is 3.05. The molecule has 18 heteroatoms. The third-order valence-electron chi connectivity index (χ3n) is 7.47. The van der Waals surface area contributed by atoms with Crippen molar-refractivity contribution in [2.24, 2.45) is 0 Å². The number of amides is 1. The maximum atomic E-state index is 12.3. The molecule has 50 heavy (non-hydrogen) atoms. The fourth-order valence-corrected chi connectivity index (χ4v) is 5.81. The molecule has 3 aromatic heterocycles. The molecule has 0 radical (unpaired) electrons. The highest BCUT2D eigenvalue weighted by Crippen LogP contribution is 2.47. The molecule has 13 nitrogen and oxygen atoms in total. The summed E-state index contributed by atoms with van der Waals surface area (Å²) in [6.07, 6.45) is 1.32. The molecule has 1 saturated heterocycles. The number of nitrogens with one attached hydrogen (secondary N) is 3. The van der Waals surface area contributed by atoms with Crippen LogP contribution in [0.3, 0.4) is 0 Å². The lowest BCUT2D eigenvalue weighted by molar-refractivity contribution is -0.192. The molecule has 0 bridgehead atoms. The molecule has 1 fully saturated rings. The quantitative estimate of drug-likeness (QED) is 0.135. The van der Waals surface area contributed by atoms with E-state index in [1.807, 2.05) is 28.7 Å². The van der Waals surface area contributed by atoms with Crippen LogP contribution in [-0.2, 0) is 9.59 Å². The zero-order valence-electron chi connectivity index (χ0n) is 26.4. The van der Waals surface area contributed by atoms with Gasteiger partial charge in [0.25, 0.3) is 0 Å². The average molecular weight is 734 g/mol. The van der Waals surface area contributed by atoms with Crippen LogP contribution in [0.2, 0.25) is 10.0 Å². The van der Waals surface area contributed by atoms with E-state index >= 15 is 0 Å². The van der Waals surface area contributed by atoms with Gasteiger partial charge in [0, 0.05) is 73.0 Å². The second kappa shape index (κ2) is 15.1. The molecule has 0 saturated carbocycles. The molecular weight excluding hydrogens is 704 g/mol. The maximum Gasteiger partial charge on any atom is 0.490 e. The Morgan fingerprint density at radius 3 is 2.28 bits per heavy atom. The molecule has 0 atom stereocenters. The predicted molar refractivity (Wildman–Crippen MR) is 184 cm³/mol. The highest BCUT2D eigenvalue weighted by molar-refractivity contribution is 6.41. The van der Waals surface area contributed by atoms with Crippen molar-refractivity contribution in [2.45, 2.75) is 6.18 Å². The lowest BCUT2D eigenvalue weighted by Crippen LogP contribution is -2.43. The summed E-state index contributed by atoms with van der Waals surface area (Å²) in [5.41, 5.74) is 4.59. The number of anilines is 4. The van der Waals surface area contributed by atoms with Crippen LogP contribution in [0.4, 0.5) is 36.2 Å². The van der Waals surface area contributed by atoms with E-state index in [1.165, 1.54) is 20.3 Å². The molecule has 4 N–H and O–H groups in total. The van der Waals surface area contributed by atoms with Crippen molar-refractivity contribution in [3.05, 3.63) is 71.6 Å². The lowest BCUT2D eigenvalue weighted by Gasteiger charge is -2.30. The lowest BCUT2D eigenvalue weighted by atomic mass is 10.0. The van der Waals surface area contributed by atoms with Crippen molar-refractivity contribution in [2.75, 3.05) is 55.9 Å². The number of rotatable bonds is 8. The third kappa shape index (κ3) is 7.61. The number of benzene rings is 2. The Kier molecular flexibility index (Phi) is 10.8. The Bertz CT molecular complexity index is 2060. The number of piperazine rings is 1. The number of aromatic nitrogens is 4. The molecular formula is C32H29Cl2F3N8O5. The molecule has 1 aliphatic rings. The first-order chi connectivity index (χ1) is 23.9. The monoisotopic (exact) mass is 732 g/mol. The van der Waals surface area contributed by atoms with Gasteiger partial charge in [0.2, 0.25) is 11.9 Å². The van der Waals surface area contributed by atoms with Crippen LogP contribution in [0.25, 0.3) is 27.8 Å².